The number of carbonyl (C=O) groups is 1. The number of hydrogen-bond donors (Lipinski definition) is 0. The Hall–Kier alpha value is 0.958. The molecule has 0 fully saturated rings. The van der Waals surface area contributed by atoms with Crippen molar-refractivity contribution in [3.05, 3.63) is 11.6 Å². The predicted octanol–water partition coefficient (Wildman–Crippen LogP) is 6.32. The summed E-state index contributed by atoms with van der Waals surface area (Å²) in [5.41, 5.74) is 0. The van der Waals surface area contributed by atoms with Gasteiger partial charge in [-0.15, -0.1) is 4.68 Å². The van der Waals surface area contributed by atoms with E-state index in [0.29, 0.717) is 31.6 Å². The van der Waals surface area contributed by atoms with Gasteiger partial charge < -0.3 is 4.74 Å². The molecule has 28 heavy (non-hydrogen) atoms. The Bertz CT molecular complexity index is 710. The van der Waals surface area contributed by atoms with E-state index in [-0.39, 0.29) is 18.9 Å². The van der Waals surface area contributed by atoms with E-state index in [1.165, 1.54) is 4.68 Å². The van der Waals surface area contributed by atoms with E-state index >= 15 is 0 Å². The molecule has 0 saturated carbocycles. The molecule has 1 aliphatic heterocycles. The molecule has 1 unspecified atom stereocenters. The molecule has 0 amide bonds. The molecule has 1 atom stereocenters. The van der Waals surface area contributed by atoms with Gasteiger partial charge in [-0.2, -0.15) is 13.2 Å². The van der Waals surface area contributed by atoms with Crippen LogP contribution in [0.25, 0.3) is 0 Å². The summed E-state index contributed by atoms with van der Waals surface area (Å²) >= 11 is 0. The van der Waals surface area contributed by atoms with Crippen LogP contribution in [0.4, 0.5) is 18.0 Å². The molecule has 2 heterocycles. The summed E-state index contributed by atoms with van der Waals surface area (Å²) in [6.07, 6.45) is -3.62. The van der Waals surface area contributed by atoms with Crippen LogP contribution >= 0.6 is 53.0 Å². The Labute approximate surface area is 180 Å². The van der Waals surface area contributed by atoms with Crippen LogP contribution in [-0.2, 0) is 17.7 Å². The van der Waals surface area contributed by atoms with Crippen LogP contribution < -0.4 is 4.68 Å². The van der Waals surface area contributed by atoms with E-state index in [1.54, 1.807) is 13.8 Å². The van der Waals surface area contributed by atoms with Gasteiger partial charge in [-0.25, -0.2) is 4.79 Å². The Morgan fingerprint density at radius 3 is 2.18 bits per heavy atom. The second-order valence-corrected chi connectivity index (χ2v) is 62.8. The van der Waals surface area contributed by atoms with Crippen LogP contribution in [-0.4, -0.2) is 37.7 Å². The van der Waals surface area contributed by atoms with Crippen LogP contribution in [0.3, 0.4) is 0 Å². The number of alkyl halides is 3. The molecule has 0 N–H and O–H groups in total. The minimum atomic E-state index is -5.42. The fourth-order valence-electron chi connectivity index (χ4n) is 2.62. The zero-order chi connectivity index (χ0) is 22.0. The van der Waals surface area contributed by atoms with Crippen molar-refractivity contribution < 1.29 is 27.4 Å². The van der Waals surface area contributed by atoms with Gasteiger partial charge in [0.05, 0.1) is 6.61 Å². The molecular weight excluding hydrogens is 622 g/mol. The summed E-state index contributed by atoms with van der Waals surface area (Å²) in [6.45, 7) is 3.91. The first-order valence-corrected chi connectivity index (χ1v) is 27.6. The first-order valence-electron chi connectivity index (χ1n) is 8.17. The van der Waals surface area contributed by atoms with Crippen LogP contribution in [0.1, 0.15) is 50.7 Å². The average molecular weight is 641 g/mol. The molecule has 0 aromatic carbocycles. The summed E-state index contributed by atoms with van der Waals surface area (Å²) in [7, 11) is 25.0. The molecule has 166 valence electrons. The third kappa shape index (κ3) is 9.84. The van der Waals surface area contributed by atoms with E-state index in [1.807, 2.05) is 0 Å². The number of aromatic nitrogens is 3. The Morgan fingerprint density at radius 1 is 1.21 bits per heavy atom. The van der Waals surface area contributed by atoms with E-state index < -0.39 is 27.3 Å². The first-order chi connectivity index (χ1) is 12.3. The fraction of sp³-hybridized carbons (Fsp3) is 0.769. The maximum atomic E-state index is 13.2. The molecule has 2 rings (SSSR count). The SMILES string of the molecule is CCOC(=O)n1c(CC)nc2[n+]1CCCCC2C(F)(F)F.[Cl][Sb-]([Cl])([Cl])([Cl])([Cl])[Cl]. The van der Waals surface area contributed by atoms with Crippen molar-refractivity contribution >= 4 is 68.2 Å². The monoisotopic (exact) mass is 637 g/mol. The summed E-state index contributed by atoms with van der Waals surface area (Å²) in [4.78, 5) is 16.1. The van der Waals surface area contributed by atoms with Crippen LogP contribution in [0.5, 0.6) is 0 Å². The molecule has 1 aromatic rings. The third-order valence-corrected chi connectivity index (χ3v) is 3.57. The van der Waals surface area contributed by atoms with E-state index in [4.69, 9.17) is 57.7 Å². The number of hydrogen-bond acceptors (Lipinski definition) is 3. The fourth-order valence-corrected chi connectivity index (χ4v) is 2.62. The van der Waals surface area contributed by atoms with Gasteiger partial charge in [-0.05, 0) is 31.2 Å². The number of halogens is 9. The van der Waals surface area contributed by atoms with Crippen molar-refractivity contribution in [1.82, 2.24) is 9.67 Å². The maximum absolute atomic E-state index is 13.2. The first kappa shape index (κ1) is 27.0. The Morgan fingerprint density at radius 2 is 1.75 bits per heavy atom. The van der Waals surface area contributed by atoms with Gasteiger partial charge in [-0.3, -0.25) is 0 Å². The van der Waals surface area contributed by atoms with Gasteiger partial charge >= 0.3 is 80.2 Å². The molecule has 1 aromatic heterocycles. The molecule has 15 heteroatoms. The molecule has 5 nitrogen and oxygen atoms in total. The van der Waals surface area contributed by atoms with Crippen molar-refractivity contribution in [1.29, 1.82) is 0 Å². The molecule has 0 spiro atoms. The normalized spacial score (nSPS) is 20.0. The van der Waals surface area contributed by atoms with Crippen LogP contribution in [0.2, 0.25) is 0 Å². The zero-order valence-electron chi connectivity index (χ0n) is 14.8. The number of rotatable bonds is 2. The van der Waals surface area contributed by atoms with Crippen molar-refractivity contribution in [2.24, 2.45) is 0 Å². The average Bonchev–Trinajstić information content (AvgIpc) is 2.68. The van der Waals surface area contributed by atoms with Gasteiger partial charge in [0.2, 0.25) is 0 Å². The van der Waals surface area contributed by atoms with Crippen LogP contribution in [0, 0.1) is 0 Å². The van der Waals surface area contributed by atoms with Gasteiger partial charge in [0, 0.05) is 6.42 Å². The zero-order valence-corrected chi connectivity index (χ0v) is 21.9. The van der Waals surface area contributed by atoms with Crippen molar-refractivity contribution in [2.75, 3.05) is 6.61 Å². The molecule has 0 saturated heterocycles. The summed E-state index contributed by atoms with van der Waals surface area (Å²) < 4.78 is 47.1. The molecule has 0 radical (unpaired) electrons. The van der Waals surface area contributed by atoms with Crippen molar-refractivity contribution in [2.45, 2.75) is 58.2 Å². The summed E-state index contributed by atoms with van der Waals surface area (Å²) in [6, 6.07) is 0. The standard InChI is InChI=1S/C13H19F3N3O2.6ClH.Sb/c1-3-10-17-11-9(13(14,15)16)7-5-6-8-18(11)19(10)12(20)21-4-2;;;;;;;/h9H,3-8H2,1-2H3;6*1H;/q+1;;;;;;;+5/p-6. The second-order valence-electron chi connectivity index (χ2n) is 5.92. The van der Waals surface area contributed by atoms with Crippen LogP contribution in [0.15, 0.2) is 0 Å². The number of carbonyl (C=O) groups excluding carboxylic acids is 1. The number of ether oxygens (including phenoxy) is 1. The quantitative estimate of drug-likeness (QED) is 0.281. The van der Waals surface area contributed by atoms with Gasteiger partial charge in [0.25, 0.3) is 5.82 Å². The molecular formula is C13H19Cl6F3N3O2Sb. The van der Waals surface area contributed by atoms with E-state index in [9.17, 15) is 18.0 Å². The summed E-state index contributed by atoms with van der Waals surface area (Å²) in [5.74, 6) is -1.40. The number of fused-ring (bicyclic) bond motifs is 1. The van der Waals surface area contributed by atoms with Crippen molar-refractivity contribution in [3.63, 3.8) is 0 Å². The Balaban J connectivity index is 0.000000480. The Kier molecular flexibility index (Phi) is 8.52. The summed E-state index contributed by atoms with van der Waals surface area (Å²) in [5, 5.41) is 0. The third-order valence-electron chi connectivity index (χ3n) is 3.57. The van der Waals surface area contributed by atoms with Gasteiger partial charge in [0.1, 0.15) is 6.54 Å². The molecule has 0 aliphatic carbocycles. The number of aryl methyl sites for hydroxylation is 1. The molecule has 0 bridgehead atoms. The molecule has 1 aliphatic rings. The van der Waals surface area contributed by atoms with Crippen molar-refractivity contribution in [3.8, 4) is 0 Å². The van der Waals surface area contributed by atoms with E-state index in [0.717, 1.165) is 4.68 Å². The second kappa shape index (κ2) is 8.83. The minimum absolute atomic E-state index is 0.00644. The predicted molar refractivity (Wildman–Crippen MR) is 108 cm³/mol. The van der Waals surface area contributed by atoms with E-state index in [2.05, 4.69) is 4.98 Å². The van der Waals surface area contributed by atoms with Gasteiger partial charge in [0.15, 0.2) is 5.92 Å². The van der Waals surface area contributed by atoms with Gasteiger partial charge in [-0.1, -0.05) is 11.6 Å². The topological polar surface area (TPSA) is 48.0 Å². The number of nitrogens with zero attached hydrogens (tertiary/aromatic N) is 3.